The third-order valence-electron chi connectivity index (χ3n) is 4.00. The predicted molar refractivity (Wildman–Crippen MR) is 79.8 cm³/mol. The van der Waals surface area contributed by atoms with E-state index in [1.807, 2.05) is 6.92 Å². The van der Waals surface area contributed by atoms with Crippen molar-refractivity contribution < 1.29 is 9.72 Å². The number of non-ortho nitro benzene ring substituents is 1. The van der Waals surface area contributed by atoms with Crippen LogP contribution in [0.15, 0.2) is 24.3 Å². The van der Waals surface area contributed by atoms with E-state index in [2.05, 4.69) is 5.32 Å². The number of carbonyl (C=O) groups is 1. The van der Waals surface area contributed by atoms with Crippen LogP contribution in [0.4, 0.5) is 5.69 Å². The lowest BCUT2D eigenvalue weighted by molar-refractivity contribution is -0.384. The highest BCUT2D eigenvalue weighted by molar-refractivity contribution is 5.82. The van der Waals surface area contributed by atoms with Crippen LogP contribution in [-0.4, -0.2) is 35.9 Å². The number of benzene rings is 1. The molecule has 1 amide bonds. The first-order chi connectivity index (χ1) is 9.92. The Hall–Kier alpha value is -1.95. The molecule has 0 saturated carbocycles. The molecule has 0 spiro atoms. The van der Waals surface area contributed by atoms with Crippen LogP contribution >= 0.6 is 0 Å². The second-order valence-electron chi connectivity index (χ2n) is 5.93. The summed E-state index contributed by atoms with van der Waals surface area (Å²) in [6.45, 7) is 4.00. The Kier molecular flexibility index (Phi) is 4.57. The summed E-state index contributed by atoms with van der Waals surface area (Å²) < 4.78 is 0. The molecule has 0 aromatic heterocycles. The minimum Gasteiger partial charge on any atom is -0.341 e. The molecule has 1 aromatic carbocycles. The van der Waals surface area contributed by atoms with Gasteiger partial charge in [0.1, 0.15) is 0 Å². The number of nitrogens with one attached hydrogen (secondary N) is 1. The van der Waals surface area contributed by atoms with Gasteiger partial charge in [0.15, 0.2) is 0 Å². The van der Waals surface area contributed by atoms with Crippen LogP contribution in [0.5, 0.6) is 0 Å². The number of piperidine rings is 1. The summed E-state index contributed by atoms with van der Waals surface area (Å²) in [5.41, 5.74) is 0.444. The van der Waals surface area contributed by atoms with Crippen LogP contribution in [0.3, 0.4) is 0 Å². The average molecular weight is 291 g/mol. The maximum atomic E-state index is 12.6. The highest BCUT2D eigenvalue weighted by Crippen LogP contribution is 2.28. The van der Waals surface area contributed by atoms with Gasteiger partial charge in [0.05, 0.1) is 10.3 Å². The van der Waals surface area contributed by atoms with E-state index in [-0.39, 0.29) is 17.0 Å². The van der Waals surface area contributed by atoms with E-state index in [4.69, 9.17) is 0 Å². The number of nitro benzene ring substituents is 1. The molecule has 1 atom stereocenters. The Morgan fingerprint density at radius 3 is 2.90 bits per heavy atom. The maximum absolute atomic E-state index is 12.6. The van der Waals surface area contributed by atoms with Gasteiger partial charge in [-0.15, -0.1) is 0 Å². The van der Waals surface area contributed by atoms with E-state index >= 15 is 0 Å². The van der Waals surface area contributed by atoms with Gasteiger partial charge in [-0.2, -0.15) is 0 Å². The van der Waals surface area contributed by atoms with Crippen molar-refractivity contribution in [3.8, 4) is 0 Å². The van der Waals surface area contributed by atoms with E-state index in [1.165, 1.54) is 12.1 Å². The van der Waals surface area contributed by atoms with Gasteiger partial charge in [-0.1, -0.05) is 12.1 Å². The molecule has 1 aliphatic heterocycles. The van der Waals surface area contributed by atoms with Gasteiger partial charge >= 0.3 is 0 Å². The molecule has 1 N–H and O–H groups in total. The highest BCUT2D eigenvalue weighted by Gasteiger charge is 2.36. The monoisotopic (exact) mass is 291 g/mol. The first-order valence-corrected chi connectivity index (χ1v) is 7.12. The van der Waals surface area contributed by atoms with E-state index in [9.17, 15) is 14.9 Å². The topological polar surface area (TPSA) is 75.5 Å². The van der Waals surface area contributed by atoms with Crippen LogP contribution in [0.2, 0.25) is 0 Å². The van der Waals surface area contributed by atoms with Gasteiger partial charge in [0.25, 0.3) is 5.69 Å². The van der Waals surface area contributed by atoms with Crippen molar-refractivity contribution >= 4 is 11.6 Å². The van der Waals surface area contributed by atoms with Gasteiger partial charge in [-0.25, -0.2) is 0 Å². The second kappa shape index (κ2) is 6.22. The third kappa shape index (κ3) is 3.58. The summed E-state index contributed by atoms with van der Waals surface area (Å²) in [4.78, 5) is 24.6. The number of hydrogen-bond acceptors (Lipinski definition) is 4. The lowest BCUT2D eigenvalue weighted by atomic mass is 9.81. The van der Waals surface area contributed by atoms with Crippen molar-refractivity contribution in [1.29, 1.82) is 0 Å². The van der Waals surface area contributed by atoms with E-state index in [0.29, 0.717) is 13.1 Å². The van der Waals surface area contributed by atoms with Crippen molar-refractivity contribution in [3.05, 3.63) is 39.9 Å². The molecule has 0 radical (unpaired) electrons. The fourth-order valence-electron chi connectivity index (χ4n) is 2.81. The van der Waals surface area contributed by atoms with E-state index < -0.39 is 4.92 Å². The fraction of sp³-hybridized carbons (Fsp3) is 0.533. The largest absolute Gasteiger partial charge is 0.341 e. The van der Waals surface area contributed by atoms with Gasteiger partial charge in [-0.3, -0.25) is 14.9 Å². The lowest BCUT2D eigenvalue weighted by Crippen LogP contribution is -2.48. The molecule has 1 saturated heterocycles. The quantitative estimate of drug-likeness (QED) is 0.679. The molecule has 1 heterocycles. The second-order valence-corrected chi connectivity index (χ2v) is 5.93. The average Bonchev–Trinajstić information content (AvgIpc) is 2.47. The van der Waals surface area contributed by atoms with Crippen molar-refractivity contribution in [2.24, 2.45) is 5.41 Å². The molecular weight excluding hydrogens is 270 g/mol. The highest BCUT2D eigenvalue weighted by atomic mass is 16.6. The van der Waals surface area contributed by atoms with E-state index in [1.54, 1.807) is 24.1 Å². The molecule has 114 valence electrons. The van der Waals surface area contributed by atoms with E-state index in [0.717, 1.165) is 24.9 Å². The molecule has 2 rings (SSSR count). The Balaban J connectivity index is 2.06. The van der Waals surface area contributed by atoms with Crippen molar-refractivity contribution in [2.45, 2.75) is 26.3 Å². The molecule has 0 aliphatic carbocycles. The van der Waals surface area contributed by atoms with Gasteiger partial charge in [-0.05, 0) is 31.9 Å². The number of carbonyl (C=O) groups excluding carboxylic acids is 1. The SMILES string of the molecule is CN(Cc1cccc([N+](=O)[O-])c1)C(=O)C1(C)CCCNC1. The molecule has 1 fully saturated rings. The number of nitro groups is 1. The fourth-order valence-corrected chi connectivity index (χ4v) is 2.81. The first kappa shape index (κ1) is 15.4. The van der Waals surface area contributed by atoms with Gasteiger partial charge in [0.2, 0.25) is 5.91 Å². The van der Waals surface area contributed by atoms with Gasteiger partial charge < -0.3 is 10.2 Å². The van der Waals surface area contributed by atoms with Crippen LogP contribution in [0.25, 0.3) is 0 Å². The molecule has 6 nitrogen and oxygen atoms in total. The molecule has 21 heavy (non-hydrogen) atoms. The van der Waals surface area contributed by atoms with Crippen molar-refractivity contribution in [1.82, 2.24) is 10.2 Å². The lowest BCUT2D eigenvalue weighted by Gasteiger charge is -2.36. The zero-order valence-electron chi connectivity index (χ0n) is 12.5. The Morgan fingerprint density at radius 2 is 2.29 bits per heavy atom. The summed E-state index contributed by atoms with van der Waals surface area (Å²) >= 11 is 0. The van der Waals surface area contributed by atoms with Gasteiger partial charge in [0, 0.05) is 32.3 Å². The standard InChI is InChI=1S/C15H21N3O3/c1-15(7-4-8-16-11-15)14(19)17(2)10-12-5-3-6-13(9-12)18(20)21/h3,5-6,9,16H,4,7-8,10-11H2,1-2H3. The first-order valence-electron chi connectivity index (χ1n) is 7.12. The number of hydrogen-bond donors (Lipinski definition) is 1. The van der Waals surface area contributed by atoms with Crippen LogP contribution < -0.4 is 5.32 Å². The molecular formula is C15H21N3O3. The summed E-state index contributed by atoms with van der Waals surface area (Å²) in [5, 5.41) is 14.1. The van der Waals surface area contributed by atoms with Crippen molar-refractivity contribution in [3.63, 3.8) is 0 Å². The van der Waals surface area contributed by atoms with Crippen molar-refractivity contribution in [2.75, 3.05) is 20.1 Å². The molecule has 1 aliphatic rings. The summed E-state index contributed by atoms with van der Waals surface area (Å²) in [6.07, 6.45) is 1.87. The Morgan fingerprint density at radius 1 is 1.52 bits per heavy atom. The Bertz CT molecular complexity index is 539. The minimum atomic E-state index is -0.419. The van der Waals surface area contributed by atoms with Crippen LogP contribution in [-0.2, 0) is 11.3 Å². The molecule has 6 heteroatoms. The zero-order valence-corrected chi connectivity index (χ0v) is 12.5. The normalized spacial score (nSPS) is 21.8. The van der Waals surface area contributed by atoms with Crippen LogP contribution in [0.1, 0.15) is 25.3 Å². The molecule has 1 unspecified atom stereocenters. The number of nitrogens with zero attached hydrogens (tertiary/aromatic N) is 2. The summed E-state index contributed by atoms with van der Waals surface area (Å²) in [7, 11) is 1.75. The molecule has 0 bridgehead atoms. The zero-order chi connectivity index (χ0) is 15.5. The molecule has 1 aromatic rings. The maximum Gasteiger partial charge on any atom is 0.269 e. The predicted octanol–water partition coefficient (Wildman–Crippen LogP) is 1.94. The number of rotatable bonds is 4. The number of amides is 1. The summed E-state index contributed by atoms with van der Waals surface area (Å²) in [5.74, 6) is 0.0845. The minimum absolute atomic E-state index is 0.0545. The third-order valence-corrected chi connectivity index (χ3v) is 4.00. The summed E-state index contributed by atoms with van der Waals surface area (Å²) in [6, 6.07) is 6.43. The smallest absolute Gasteiger partial charge is 0.269 e. The van der Waals surface area contributed by atoms with Crippen LogP contribution in [0, 0.1) is 15.5 Å². The Labute approximate surface area is 124 Å².